The van der Waals surface area contributed by atoms with Crippen LogP contribution in [0.4, 0.5) is 0 Å². The van der Waals surface area contributed by atoms with Crippen molar-refractivity contribution in [2.24, 2.45) is 0 Å². The fourth-order valence-corrected chi connectivity index (χ4v) is 4.82. The van der Waals surface area contributed by atoms with Crippen LogP contribution in [0.5, 0.6) is 17.2 Å². The lowest BCUT2D eigenvalue weighted by molar-refractivity contribution is 0.0751. The first kappa shape index (κ1) is 26.8. The van der Waals surface area contributed by atoms with Crippen molar-refractivity contribution >= 4 is 0 Å². The maximum absolute atomic E-state index is 11.3. The van der Waals surface area contributed by atoms with Gasteiger partial charge in [-0.3, -0.25) is 0 Å². The second-order valence-electron chi connectivity index (χ2n) is 9.92. The molecular weight excluding hydrogens is 462 g/mol. The number of ether oxygens (including phenoxy) is 3. The summed E-state index contributed by atoms with van der Waals surface area (Å²) < 4.78 is 16.9. The number of hydrogen-bond acceptors (Lipinski definition) is 5. The monoisotopic (exact) mass is 501 g/mol. The van der Waals surface area contributed by atoms with E-state index < -0.39 is 5.60 Å². The van der Waals surface area contributed by atoms with Gasteiger partial charge in [0.05, 0.1) is 19.8 Å². The van der Waals surface area contributed by atoms with Crippen LogP contribution in [0.2, 0.25) is 0 Å². The van der Waals surface area contributed by atoms with Crippen LogP contribution < -0.4 is 14.2 Å². The van der Waals surface area contributed by atoms with Gasteiger partial charge in [0.2, 0.25) is 0 Å². The molecule has 0 aromatic heterocycles. The number of nitrogens with zero attached hydrogens (tertiary/aromatic N) is 1. The van der Waals surface area contributed by atoms with E-state index in [2.05, 4.69) is 60.5 Å². The summed E-state index contributed by atoms with van der Waals surface area (Å²) >= 11 is 0. The molecule has 4 rings (SSSR count). The Morgan fingerprint density at radius 2 is 1.51 bits per heavy atom. The molecule has 1 N–H and O–H groups in total. The van der Waals surface area contributed by atoms with E-state index in [9.17, 15) is 5.11 Å². The first-order chi connectivity index (χ1) is 18.0. The minimum atomic E-state index is -0.801. The van der Waals surface area contributed by atoms with Crippen molar-refractivity contribution in [1.82, 2.24) is 4.90 Å². The van der Waals surface area contributed by atoms with Gasteiger partial charge in [-0.1, -0.05) is 54.6 Å². The minimum absolute atomic E-state index is 0.573. The molecule has 1 aliphatic rings. The summed E-state index contributed by atoms with van der Waals surface area (Å²) in [4.78, 5) is 2.28. The molecule has 0 bridgehead atoms. The highest BCUT2D eigenvalue weighted by Crippen LogP contribution is 2.36. The largest absolute Gasteiger partial charge is 0.493 e. The van der Waals surface area contributed by atoms with Gasteiger partial charge in [0.25, 0.3) is 0 Å². The van der Waals surface area contributed by atoms with E-state index in [-0.39, 0.29) is 0 Å². The molecule has 37 heavy (non-hydrogen) atoms. The lowest BCUT2D eigenvalue weighted by Crippen LogP contribution is -2.27. The predicted molar refractivity (Wildman–Crippen MR) is 149 cm³/mol. The van der Waals surface area contributed by atoms with Gasteiger partial charge in [0, 0.05) is 13.1 Å². The predicted octanol–water partition coefficient (Wildman–Crippen LogP) is 5.62. The highest BCUT2D eigenvalue weighted by molar-refractivity contribution is 5.48. The van der Waals surface area contributed by atoms with Gasteiger partial charge in [-0.25, -0.2) is 0 Å². The minimum Gasteiger partial charge on any atom is -0.493 e. The van der Waals surface area contributed by atoms with E-state index in [0.29, 0.717) is 19.4 Å². The zero-order chi connectivity index (χ0) is 26.1. The molecule has 196 valence electrons. The van der Waals surface area contributed by atoms with Gasteiger partial charge in [0.1, 0.15) is 12.4 Å². The Balaban J connectivity index is 1.25. The molecule has 5 nitrogen and oxygen atoms in total. The SMILES string of the molecule is COc1cc2c(cc1OC)CCC(O)(/C=C/CN(C)CCc1cccc(OCc3ccccc3)c1)CC2. The lowest BCUT2D eigenvalue weighted by Gasteiger charge is -2.23. The zero-order valence-electron chi connectivity index (χ0n) is 22.3. The topological polar surface area (TPSA) is 51.2 Å². The number of aliphatic hydroxyl groups is 1. The summed E-state index contributed by atoms with van der Waals surface area (Å²) in [6, 6.07) is 22.7. The number of hydrogen-bond donors (Lipinski definition) is 1. The number of aryl methyl sites for hydroxylation is 2. The van der Waals surface area contributed by atoms with Crippen LogP contribution in [0.1, 0.15) is 35.1 Å². The number of likely N-dealkylation sites (N-methyl/N-ethyl adjacent to an activating group) is 1. The van der Waals surface area contributed by atoms with E-state index in [1.54, 1.807) is 14.2 Å². The van der Waals surface area contributed by atoms with E-state index >= 15 is 0 Å². The second-order valence-corrected chi connectivity index (χ2v) is 9.92. The van der Waals surface area contributed by atoms with Crippen LogP contribution in [-0.2, 0) is 25.9 Å². The molecule has 3 aromatic rings. The van der Waals surface area contributed by atoms with Gasteiger partial charge < -0.3 is 24.2 Å². The molecule has 0 unspecified atom stereocenters. The van der Waals surface area contributed by atoms with Crippen LogP contribution in [0.15, 0.2) is 78.9 Å². The summed E-state index contributed by atoms with van der Waals surface area (Å²) in [5.41, 5.74) is 4.08. The van der Waals surface area contributed by atoms with E-state index in [1.807, 2.05) is 30.3 Å². The van der Waals surface area contributed by atoms with Crippen LogP contribution in [0.25, 0.3) is 0 Å². The van der Waals surface area contributed by atoms with Crippen molar-refractivity contribution in [1.29, 1.82) is 0 Å². The Morgan fingerprint density at radius 1 is 0.865 bits per heavy atom. The first-order valence-electron chi connectivity index (χ1n) is 13.1. The third kappa shape index (κ3) is 7.61. The van der Waals surface area contributed by atoms with Crippen LogP contribution in [0.3, 0.4) is 0 Å². The molecule has 0 fully saturated rings. The number of fused-ring (bicyclic) bond motifs is 1. The van der Waals surface area contributed by atoms with Gasteiger partial charge >= 0.3 is 0 Å². The molecule has 0 heterocycles. The summed E-state index contributed by atoms with van der Waals surface area (Å²) in [6.45, 7) is 2.29. The van der Waals surface area contributed by atoms with Crippen molar-refractivity contribution in [3.8, 4) is 17.2 Å². The summed E-state index contributed by atoms with van der Waals surface area (Å²) in [5, 5.41) is 11.3. The second kappa shape index (κ2) is 12.8. The molecule has 3 aromatic carbocycles. The molecule has 0 saturated heterocycles. The quantitative estimate of drug-likeness (QED) is 0.273. The van der Waals surface area contributed by atoms with Gasteiger partial charge in [-0.05, 0) is 85.7 Å². The maximum atomic E-state index is 11.3. The van der Waals surface area contributed by atoms with Crippen LogP contribution in [0, 0.1) is 0 Å². The Bertz CT molecular complexity index is 1140. The Labute approximate surface area is 221 Å². The standard InChI is InChI=1S/C32H39NO4/c1-33(20-15-25-11-7-12-29(21-25)37-24-26-9-5-4-6-10-26)19-8-16-32(34)17-13-27-22-30(35-2)31(36-3)23-28(27)14-18-32/h4-12,16,21-23,34H,13-15,17-20,24H2,1-3H3/b16-8+. The third-order valence-electron chi connectivity index (χ3n) is 7.13. The zero-order valence-corrected chi connectivity index (χ0v) is 22.3. The van der Waals surface area contributed by atoms with Crippen molar-refractivity contribution in [3.05, 3.63) is 101 Å². The fraction of sp³-hybridized carbons (Fsp3) is 0.375. The van der Waals surface area contributed by atoms with Crippen LogP contribution in [-0.4, -0.2) is 50.0 Å². The van der Waals surface area contributed by atoms with Crippen molar-refractivity contribution in [2.45, 2.75) is 44.3 Å². The average Bonchev–Trinajstić information content (AvgIpc) is 3.09. The molecule has 5 heteroatoms. The Kier molecular flexibility index (Phi) is 9.26. The van der Waals surface area contributed by atoms with Gasteiger partial charge in [0.15, 0.2) is 11.5 Å². The molecule has 0 aliphatic heterocycles. The number of benzene rings is 3. The van der Waals surface area contributed by atoms with Crippen molar-refractivity contribution in [2.75, 3.05) is 34.4 Å². The molecule has 1 aliphatic carbocycles. The molecule has 0 amide bonds. The van der Waals surface area contributed by atoms with Crippen molar-refractivity contribution < 1.29 is 19.3 Å². The average molecular weight is 502 g/mol. The Morgan fingerprint density at radius 3 is 2.16 bits per heavy atom. The normalized spacial score (nSPS) is 14.8. The van der Waals surface area contributed by atoms with Gasteiger partial charge in [-0.15, -0.1) is 0 Å². The molecule has 0 atom stereocenters. The summed E-state index contributed by atoms with van der Waals surface area (Å²) in [6.07, 6.45) is 8.08. The first-order valence-corrected chi connectivity index (χ1v) is 13.1. The molecular formula is C32H39NO4. The van der Waals surface area contributed by atoms with Gasteiger partial charge in [-0.2, -0.15) is 0 Å². The third-order valence-corrected chi connectivity index (χ3v) is 7.13. The number of methoxy groups -OCH3 is 2. The molecule has 0 spiro atoms. The lowest BCUT2D eigenvalue weighted by atomic mass is 9.93. The Hall–Kier alpha value is -3.28. The summed E-state index contributed by atoms with van der Waals surface area (Å²) in [5.74, 6) is 2.39. The van der Waals surface area contributed by atoms with Crippen LogP contribution >= 0.6 is 0 Å². The summed E-state index contributed by atoms with van der Waals surface area (Å²) in [7, 11) is 5.44. The number of rotatable bonds is 11. The van der Waals surface area contributed by atoms with E-state index in [0.717, 1.165) is 55.2 Å². The van der Waals surface area contributed by atoms with Crippen molar-refractivity contribution in [3.63, 3.8) is 0 Å². The molecule has 0 radical (unpaired) electrons. The fourth-order valence-electron chi connectivity index (χ4n) is 4.82. The van der Waals surface area contributed by atoms with E-state index in [4.69, 9.17) is 14.2 Å². The van der Waals surface area contributed by atoms with E-state index in [1.165, 1.54) is 16.7 Å². The smallest absolute Gasteiger partial charge is 0.161 e. The highest BCUT2D eigenvalue weighted by atomic mass is 16.5. The molecule has 0 saturated carbocycles. The maximum Gasteiger partial charge on any atom is 0.161 e. The highest BCUT2D eigenvalue weighted by Gasteiger charge is 2.28.